The van der Waals surface area contributed by atoms with E-state index in [1.165, 1.54) is 0 Å². The summed E-state index contributed by atoms with van der Waals surface area (Å²) in [6, 6.07) is 27.2. The van der Waals surface area contributed by atoms with Crippen molar-refractivity contribution in [2.45, 2.75) is 0 Å². The van der Waals surface area contributed by atoms with E-state index in [-0.39, 0.29) is 0 Å². The minimum absolute atomic E-state index is 0.702. The second-order valence-corrected chi connectivity index (χ2v) is 7.82. The molecule has 4 N–H and O–H groups in total. The summed E-state index contributed by atoms with van der Waals surface area (Å²) in [5.41, 5.74) is 18.9. The molecule has 4 aromatic carbocycles. The molecule has 33 heavy (non-hydrogen) atoms. The number of ether oxygens (including phenoxy) is 1. The molecule has 6 rings (SSSR count). The van der Waals surface area contributed by atoms with Gasteiger partial charge in [-0.3, -0.25) is 9.13 Å². The average molecular weight is 432 g/mol. The number of aromatic nitrogens is 4. The molecule has 7 nitrogen and oxygen atoms in total. The van der Waals surface area contributed by atoms with Gasteiger partial charge in [0.05, 0.1) is 22.1 Å². The van der Waals surface area contributed by atoms with Crippen LogP contribution in [0.2, 0.25) is 0 Å². The predicted octanol–water partition coefficient (Wildman–Crippen LogP) is 5.32. The lowest BCUT2D eigenvalue weighted by Gasteiger charge is -2.10. The summed E-state index contributed by atoms with van der Waals surface area (Å²) >= 11 is 0. The zero-order chi connectivity index (χ0) is 22.4. The quantitative estimate of drug-likeness (QED) is 0.368. The van der Waals surface area contributed by atoms with E-state index in [1.807, 2.05) is 94.1 Å². The van der Waals surface area contributed by atoms with E-state index in [9.17, 15) is 0 Å². The van der Waals surface area contributed by atoms with E-state index in [2.05, 4.69) is 9.97 Å². The van der Waals surface area contributed by atoms with Crippen molar-refractivity contribution in [1.29, 1.82) is 0 Å². The lowest BCUT2D eigenvalue weighted by atomic mass is 10.2. The second-order valence-electron chi connectivity index (χ2n) is 7.82. The zero-order valence-corrected chi connectivity index (χ0v) is 17.6. The summed E-state index contributed by atoms with van der Waals surface area (Å²) in [5, 5.41) is 0. The summed E-state index contributed by atoms with van der Waals surface area (Å²) in [6.45, 7) is 0. The Bertz CT molecular complexity index is 1480. The molecule has 0 fully saturated rings. The Balaban J connectivity index is 1.22. The largest absolute Gasteiger partial charge is 0.457 e. The van der Waals surface area contributed by atoms with Crippen LogP contribution in [0.5, 0.6) is 11.5 Å². The van der Waals surface area contributed by atoms with Gasteiger partial charge in [0.15, 0.2) is 0 Å². The van der Waals surface area contributed by atoms with Crippen LogP contribution in [-0.4, -0.2) is 19.1 Å². The number of anilines is 2. The van der Waals surface area contributed by atoms with Crippen molar-refractivity contribution < 1.29 is 4.74 Å². The van der Waals surface area contributed by atoms with Crippen molar-refractivity contribution in [1.82, 2.24) is 19.1 Å². The van der Waals surface area contributed by atoms with Crippen LogP contribution in [-0.2, 0) is 0 Å². The Morgan fingerprint density at radius 2 is 0.970 bits per heavy atom. The molecule has 0 atom stereocenters. The van der Waals surface area contributed by atoms with Gasteiger partial charge in [-0.05, 0) is 84.9 Å². The number of hydrogen-bond acceptors (Lipinski definition) is 5. The topological polar surface area (TPSA) is 96.9 Å². The van der Waals surface area contributed by atoms with Crippen LogP contribution in [0.1, 0.15) is 0 Å². The molecule has 0 unspecified atom stereocenters. The van der Waals surface area contributed by atoms with E-state index in [1.54, 1.807) is 12.7 Å². The molecule has 0 radical (unpaired) electrons. The molecule has 160 valence electrons. The Labute approximate surface area is 189 Å². The van der Waals surface area contributed by atoms with Gasteiger partial charge >= 0.3 is 0 Å². The van der Waals surface area contributed by atoms with Gasteiger partial charge in [-0.1, -0.05) is 0 Å². The van der Waals surface area contributed by atoms with Crippen molar-refractivity contribution in [2.75, 3.05) is 11.5 Å². The highest BCUT2D eigenvalue weighted by atomic mass is 16.5. The number of nitrogens with two attached hydrogens (primary N) is 2. The van der Waals surface area contributed by atoms with Crippen molar-refractivity contribution in [3.05, 3.63) is 97.6 Å². The first-order valence-corrected chi connectivity index (χ1v) is 10.5. The number of rotatable bonds is 4. The smallest absolute Gasteiger partial charge is 0.127 e. The van der Waals surface area contributed by atoms with Crippen molar-refractivity contribution in [3.63, 3.8) is 0 Å². The van der Waals surface area contributed by atoms with Crippen molar-refractivity contribution in [3.8, 4) is 22.9 Å². The third kappa shape index (κ3) is 3.41. The highest BCUT2D eigenvalue weighted by Crippen LogP contribution is 2.27. The first-order chi connectivity index (χ1) is 16.1. The number of nitrogens with zero attached hydrogens (tertiary/aromatic N) is 4. The maximum atomic E-state index is 6.05. The van der Waals surface area contributed by atoms with E-state index < -0.39 is 0 Å². The van der Waals surface area contributed by atoms with E-state index in [0.717, 1.165) is 44.9 Å². The number of imidazole rings is 2. The monoisotopic (exact) mass is 432 g/mol. The Morgan fingerprint density at radius 1 is 0.545 bits per heavy atom. The average Bonchev–Trinajstić information content (AvgIpc) is 3.44. The molecule has 2 aromatic heterocycles. The van der Waals surface area contributed by atoms with Crippen LogP contribution in [0, 0.1) is 0 Å². The molecular formula is C26H20N6O. The molecule has 7 heteroatoms. The first-order valence-electron chi connectivity index (χ1n) is 10.5. The van der Waals surface area contributed by atoms with Gasteiger partial charge in [0, 0.05) is 22.7 Å². The van der Waals surface area contributed by atoms with Crippen LogP contribution in [0.3, 0.4) is 0 Å². The lowest BCUT2D eigenvalue weighted by Crippen LogP contribution is -1.94. The molecule has 0 aliphatic heterocycles. The molecule has 0 spiro atoms. The number of nitrogen functional groups attached to an aromatic ring is 2. The standard InChI is InChI=1S/C26H20N6O/c27-17-1-11-25-23(13-17)29-15-31(25)19-3-7-21(8-4-19)33-22-9-5-20(6-10-22)32-16-30-24-14-18(28)2-12-26(24)32/h1-16H,27-28H2. The second kappa shape index (κ2) is 7.42. The van der Waals surface area contributed by atoms with Crippen LogP contribution in [0.4, 0.5) is 11.4 Å². The molecule has 6 aromatic rings. The molecular weight excluding hydrogens is 412 g/mol. The summed E-state index contributed by atoms with van der Waals surface area (Å²) in [6.07, 6.45) is 3.60. The van der Waals surface area contributed by atoms with Gasteiger partial charge in [-0.15, -0.1) is 0 Å². The van der Waals surface area contributed by atoms with Gasteiger partial charge in [-0.2, -0.15) is 0 Å². The maximum Gasteiger partial charge on any atom is 0.127 e. The van der Waals surface area contributed by atoms with E-state index >= 15 is 0 Å². The van der Waals surface area contributed by atoms with Crippen LogP contribution >= 0.6 is 0 Å². The van der Waals surface area contributed by atoms with Crippen LogP contribution in [0.15, 0.2) is 97.6 Å². The van der Waals surface area contributed by atoms with Crippen LogP contribution < -0.4 is 16.2 Å². The van der Waals surface area contributed by atoms with Crippen molar-refractivity contribution in [2.24, 2.45) is 0 Å². The van der Waals surface area contributed by atoms with Crippen molar-refractivity contribution >= 4 is 33.4 Å². The normalized spacial score (nSPS) is 11.3. The first kappa shape index (κ1) is 18.9. The number of benzene rings is 4. The molecule has 0 aliphatic rings. The highest BCUT2D eigenvalue weighted by Gasteiger charge is 2.07. The third-order valence-electron chi connectivity index (χ3n) is 5.61. The Kier molecular flexibility index (Phi) is 4.26. The Morgan fingerprint density at radius 3 is 1.39 bits per heavy atom. The maximum absolute atomic E-state index is 6.05. The molecule has 0 saturated heterocycles. The molecule has 0 bridgehead atoms. The molecule has 0 amide bonds. The Hall–Kier alpha value is -4.78. The van der Waals surface area contributed by atoms with Gasteiger partial charge in [0.25, 0.3) is 0 Å². The predicted molar refractivity (Wildman–Crippen MR) is 131 cm³/mol. The third-order valence-corrected chi connectivity index (χ3v) is 5.61. The highest BCUT2D eigenvalue weighted by molar-refractivity contribution is 5.81. The minimum atomic E-state index is 0.702. The summed E-state index contributed by atoms with van der Waals surface area (Å²) in [4.78, 5) is 8.88. The fraction of sp³-hybridized carbons (Fsp3) is 0. The zero-order valence-electron chi connectivity index (χ0n) is 17.6. The van der Waals surface area contributed by atoms with Gasteiger partial charge in [0.2, 0.25) is 0 Å². The number of hydrogen-bond donors (Lipinski definition) is 2. The van der Waals surface area contributed by atoms with Gasteiger partial charge in [0.1, 0.15) is 24.2 Å². The minimum Gasteiger partial charge on any atom is -0.457 e. The van der Waals surface area contributed by atoms with E-state index in [0.29, 0.717) is 11.4 Å². The summed E-state index contributed by atoms with van der Waals surface area (Å²) < 4.78 is 10.1. The van der Waals surface area contributed by atoms with E-state index in [4.69, 9.17) is 16.2 Å². The van der Waals surface area contributed by atoms with Gasteiger partial charge < -0.3 is 16.2 Å². The molecule has 2 heterocycles. The summed E-state index contributed by atoms with van der Waals surface area (Å²) in [7, 11) is 0. The fourth-order valence-corrected chi connectivity index (χ4v) is 3.96. The van der Waals surface area contributed by atoms with Gasteiger partial charge in [-0.25, -0.2) is 9.97 Å². The SMILES string of the molecule is Nc1ccc2c(c1)ncn2-c1ccc(Oc2ccc(-n3cnc4cc(N)ccc43)cc2)cc1. The summed E-state index contributed by atoms with van der Waals surface area (Å²) in [5.74, 6) is 1.51. The van der Waals surface area contributed by atoms with Crippen LogP contribution in [0.25, 0.3) is 33.4 Å². The fourth-order valence-electron chi connectivity index (χ4n) is 3.96. The molecule has 0 aliphatic carbocycles. The lowest BCUT2D eigenvalue weighted by molar-refractivity contribution is 0.482. The molecule has 0 saturated carbocycles. The number of fused-ring (bicyclic) bond motifs is 2.